The lowest BCUT2D eigenvalue weighted by Gasteiger charge is -2.07. The normalized spacial score (nSPS) is 24.3. The second kappa shape index (κ2) is 4.68. The lowest BCUT2D eigenvalue weighted by molar-refractivity contribution is -0.121. The van der Waals surface area contributed by atoms with E-state index in [-0.39, 0.29) is 24.9 Å². The summed E-state index contributed by atoms with van der Waals surface area (Å²) in [6.45, 7) is 1.36. The van der Waals surface area contributed by atoms with Gasteiger partial charge >= 0.3 is 7.60 Å². The first kappa shape index (κ1) is 11.4. The van der Waals surface area contributed by atoms with E-state index in [2.05, 4.69) is 14.8 Å². The van der Waals surface area contributed by atoms with Crippen molar-refractivity contribution in [3.05, 3.63) is 0 Å². The van der Waals surface area contributed by atoms with Crippen molar-refractivity contribution in [2.24, 2.45) is 4.99 Å². The summed E-state index contributed by atoms with van der Waals surface area (Å²) < 4.78 is 15.2. The summed E-state index contributed by atoms with van der Waals surface area (Å²) in [6.07, 6.45) is 1.79. The minimum Gasteiger partial charge on any atom is -0.374 e. The molecule has 2 atom stereocenters. The largest absolute Gasteiger partial charge is 0.374 e. The van der Waals surface area contributed by atoms with Gasteiger partial charge in [-0.05, 0) is 0 Å². The van der Waals surface area contributed by atoms with E-state index in [1.807, 2.05) is 0 Å². The van der Waals surface area contributed by atoms with Gasteiger partial charge in [0.25, 0.3) is 0 Å². The van der Waals surface area contributed by atoms with E-state index in [0.29, 0.717) is 6.54 Å². The fraction of sp³-hybridized carbons (Fsp3) is 0.714. The predicted octanol–water partition coefficient (Wildman–Crippen LogP) is -0.223. The molecule has 1 rings (SSSR count). The number of Topliss-reactive ketones (excluding diaryl/α,β-unsaturated/α-hetero) is 1. The van der Waals surface area contributed by atoms with Gasteiger partial charge in [-0.3, -0.25) is 14.4 Å². The van der Waals surface area contributed by atoms with Crippen molar-refractivity contribution in [3.8, 4) is 0 Å². The molecule has 0 radical (unpaired) electrons. The minimum absolute atomic E-state index is 0.0685. The molecule has 1 aliphatic heterocycles. The monoisotopic (exact) mass is 220 g/mol. The molecule has 14 heavy (non-hydrogen) atoms. The van der Waals surface area contributed by atoms with E-state index in [1.54, 1.807) is 6.34 Å². The van der Waals surface area contributed by atoms with Crippen molar-refractivity contribution in [2.75, 3.05) is 19.8 Å². The average molecular weight is 220 g/mol. The number of rotatable bonds is 5. The fourth-order valence-corrected chi connectivity index (χ4v) is 1.42. The van der Waals surface area contributed by atoms with E-state index >= 15 is 0 Å². The van der Waals surface area contributed by atoms with Gasteiger partial charge < -0.3 is 14.7 Å². The molecule has 0 aromatic rings. The van der Waals surface area contributed by atoms with Crippen LogP contribution in [-0.2, 0) is 13.9 Å². The van der Waals surface area contributed by atoms with E-state index < -0.39 is 7.60 Å². The highest BCUT2D eigenvalue weighted by Gasteiger charge is 2.18. The number of nitrogens with one attached hydrogen (secondary N) is 1. The number of nitrogens with zero attached hydrogens (tertiary/aromatic N) is 1. The fourth-order valence-electron chi connectivity index (χ4n) is 1.04. The van der Waals surface area contributed by atoms with Crippen molar-refractivity contribution in [1.82, 2.24) is 5.32 Å². The SMILES string of the molecule is CP(=O)(O)OCC(=O)CC1CNC=N1. The first-order valence-corrected chi connectivity index (χ1v) is 6.21. The summed E-state index contributed by atoms with van der Waals surface area (Å²) in [6, 6.07) is -0.0685. The van der Waals surface area contributed by atoms with Crippen LogP contribution in [0.1, 0.15) is 6.42 Å². The van der Waals surface area contributed by atoms with Crippen LogP contribution < -0.4 is 5.32 Å². The Morgan fingerprint density at radius 1 is 1.86 bits per heavy atom. The maximum atomic E-state index is 11.2. The Morgan fingerprint density at radius 2 is 2.57 bits per heavy atom. The molecule has 0 aromatic heterocycles. The molecule has 2 N–H and O–H groups in total. The van der Waals surface area contributed by atoms with Crippen molar-refractivity contribution in [1.29, 1.82) is 0 Å². The van der Waals surface area contributed by atoms with Crippen LogP contribution in [0.2, 0.25) is 0 Å². The molecule has 0 saturated carbocycles. The van der Waals surface area contributed by atoms with Crippen LogP contribution in [0.25, 0.3) is 0 Å². The van der Waals surface area contributed by atoms with Crippen molar-refractivity contribution in [3.63, 3.8) is 0 Å². The molecule has 0 saturated heterocycles. The highest BCUT2D eigenvalue weighted by molar-refractivity contribution is 7.51. The van der Waals surface area contributed by atoms with Gasteiger partial charge in [0.2, 0.25) is 0 Å². The molecule has 0 aromatic carbocycles. The molecule has 1 heterocycles. The van der Waals surface area contributed by atoms with Gasteiger partial charge in [-0.1, -0.05) is 0 Å². The lowest BCUT2D eigenvalue weighted by Crippen LogP contribution is -2.20. The first-order valence-electron chi connectivity index (χ1n) is 4.19. The molecular formula is C7H13N2O4P. The molecule has 7 heteroatoms. The molecule has 0 fully saturated rings. The summed E-state index contributed by atoms with van der Waals surface area (Å²) in [5.74, 6) is -0.216. The quantitative estimate of drug-likeness (QED) is 0.625. The summed E-state index contributed by atoms with van der Waals surface area (Å²) in [5.41, 5.74) is 0. The van der Waals surface area contributed by atoms with E-state index in [4.69, 9.17) is 4.89 Å². The minimum atomic E-state index is -3.54. The topological polar surface area (TPSA) is 88.0 Å². The maximum absolute atomic E-state index is 11.2. The summed E-state index contributed by atoms with van der Waals surface area (Å²) in [4.78, 5) is 23.9. The molecule has 80 valence electrons. The van der Waals surface area contributed by atoms with Crippen LogP contribution in [0.15, 0.2) is 4.99 Å². The zero-order valence-electron chi connectivity index (χ0n) is 7.84. The Hall–Kier alpha value is -0.710. The molecule has 0 amide bonds. The van der Waals surface area contributed by atoms with Crippen LogP contribution in [0, 0.1) is 0 Å². The number of carbonyl (C=O) groups excluding carboxylic acids is 1. The second-order valence-electron chi connectivity index (χ2n) is 3.16. The van der Waals surface area contributed by atoms with Crippen LogP contribution in [0.4, 0.5) is 0 Å². The van der Waals surface area contributed by atoms with Crippen molar-refractivity contribution >= 4 is 19.7 Å². The van der Waals surface area contributed by atoms with E-state index in [1.165, 1.54) is 0 Å². The van der Waals surface area contributed by atoms with E-state index in [0.717, 1.165) is 6.66 Å². The predicted molar refractivity (Wildman–Crippen MR) is 51.6 cm³/mol. The number of carbonyl (C=O) groups is 1. The lowest BCUT2D eigenvalue weighted by atomic mass is 10.1. The summed E-state index contributed by atoms with van der Waals surface area (Å²) in [5, 5.41) is 2.86. The van der Waals surface area contributed by atoms with Crippen LogP contribution in [0.3, 0.4) is 0 Å². The Labute approximate surface area is 81.9 Å². The third kappa shape index (κ3) is 4.50. The standard InChI is InChI=1S/C7H13N2O4P/c1-14(11,12)13-4-7(10)2-6-3-8-5-9-6/h5-6H,2-4H2,1H3,(H,8,9)(H,11,12). The Bertz CT molecular complexity index is 285. The van der Waals surface area contributed by atoms with Crippen LogP contribution >= 0.6 is 7.60 Å². The average Bonchev–Trinajstić information content (AvgIpc) is 2.52. The number of hydrogen-bond acceptors (Lipinski definition) is 5. The van der Waals surface area contributed by atoms with Crippen LogP contribution in [0.5, 0.6) is 0 Å². The summed E-state index contributed by atoms with van der Waals surface area (Å²) >= 11 is 0. The highest BCUT2D eigenvalue weighted by Crippen LogP contribution is 2.36. The smallest absolute Gasteiger partial charge is 0.325 e. The van der Waals surface area contributed by atoms with Gasteiger partial charge in [0.15, 0.2) is 5.78 Å². The highest BCUT2D eigenvalue weighted by atomic mass is 31.2. The Morgan fingerprint density at radius 3 is 3.07 bits per heavy atom. The summed E-state index contributed by atoms with van der Waals surface area (Å²) in [7, 11) is -3.54. The Balaban J connectivity index is 2.22. The van der Waals surface area contributed by atoms with Crippen LogP contribution in [-0.4, -0.2) is 42.9 Å². The molecule has 0 aliphatic carbocycles. The van der Waals surface area contributed by atoms with Gasteiger partial charge in [0.1, 0.15) is 6.61 Å². The van der Waals surface area contributed by atoms with Gasteiger partial charge in [-0.15, -0.1) is 0 Å². The number of aliphatic imine (C=N–C) groups is 1. The van der Waals surface area contributed by atoms with Gasteiger partial charge in [0.05, 0.1) is 12.4 Å². The second-order valence-corrected chi connectivity index (χ2v) is 5.02. The molecule has 0 spiro atoms. The van der Waals surface area contributed by atoms with Gasteiger partial charge in [-0.2, -0.15) is 0 Å². The zero-order valence-corrected chi connectivity index (χ0v) is 8.74. The zero-order chi connectivity index (χ0) is 10.6. The van der Waals surface area contributed by atoms with E-state index in [9.17, 15) is 9.36 Å². The molecule has 1 aliphatic rings. The molecule has 6 nitrogen and oxygen atoms in total. The third-order valence-electron chi connectivity index (χ3n) is 1.66. The number of ketones is 1. The maximum Gasteiger partial charge on any atom is 0.325 e. The Kier molecular flexibility index (Phi) is 3.80. The van der Waals surface area contributed by atoms with Gasteiger partial charge in [0, 0.05) is 19.6 Å². The molecule has 2 unspecified atom stereocenters. The first-order chi connectivity index (χ1) is 6.47. The van der Waals surface area contributed by atoms with Crippen molar-refractivity contribution < 1.29 is 18.8 Å². The van der Waals surface area contributed by atoms with Gasteiger partial charge in [-0.25, -0.2) is 0 Å². The molecular weight excluding hydrogens is 207 g/mol. The third-order valence-corrected chi connectivity index (χ3v) is 2.27. The number of hydrogen-bond donors (Lipinski definition) is 2. The van der Waals surface area contributed by atoms with Crippen molar-refractivity contribution in [2.45, 2.75) is 12.5 Å². The molecule has 0 bridgehead atoms.